The van der Waals surface area contributed by atoms with Gasteiger partial charge in [0.05, 0.1) is 5.54 Å². The van der Waals surface area contributed by atoms with E-state index in [2.05, 4.69) is 10.8 Å². The van der Waals surface area contributed by atoms with Gasteiger partial charge in [0.25, 0.3) is 0 Å². The summed E-state index contributed by atoms with van der Waals surface area (Å²) < 4.78 is 5.37. The molecule has 0 aromatic heterocycles. The molecule has 0 spiro atoms. The van der Waals surface area contributed by atoms with Gasteiger partial charge in [-0.25, -0.2) is 4.79 Å². The highest BCUT2D eigenvalue weighted by atomic mass is 16.6. The van der Waals surface area contributed by atoms with Crippen molar-refractivity contribution in [3.63, 3.8) is 0 Å². The standard InChI is InChI=1S/C14H22N2O2/c1-5-14(6-7-14)16-10-8-15(9-11-16)12(17)18-13(2,3)4/h1H,6-11H2,2-4H3. The van der Waals surface area contributed by atoms with Gasteiger partial charge in [-0.05, 0) is 33.6 Å². The average molecular weight is 250 g/mol. The molecule has 0 radical (unpaired) electrons. The van der Waals surface area contributed by atoms with Crippen molar-refractivity contribution in [3.05, 3.63) is 0 Å². The number of carbonyl (C=O) groups excluding carboxylic acids is 1. The first-order valence-corrected chi connectivity index (χ1v) is 6.57. The molecule has 2 aliphatic rings. The fourth-order valence-corrected chi connectivity index (χ4v) is 2.31. The zero-order valence-electron chi connectivity index (χ0n) is 11.5. The van der Waals surface area contributed by atoms with Crippen LogP contribution in [0.4, 0.5) is 4.79 Å². The molecule has 1 aliphatic heterocycles. The summed E-state index contributed by atoms with van der Waals surface area (Å²) in [4.78, 5) is 16.0. The number of piperazine rings is 1. The molecule has 2 rings (SSSR count). The molecule has 1 saturated carbocycles. The fraction of sp³-hybridized carbons (Fsp3) is 0.786. The largest absolute Gasteiger partial charge is 0.444 e. The third kappa shape index (κ3) is 2.78. The zero-order valence-corrected chi connectivity index (χ0v) is 11.5. The number of amides is 1. The molecule has 2 fully saturated rings. The Bertz CT molecular complexity index is 366. The van der Waals surface area contributed by atoms with Crippen molar-refractivity contribution >= 4 is 6.09 Å². The van der Waals surface area contributed by atoms with Crippen molar-refractivity contribution in [2.75, 3.05) is 26.2 Å². The van der Waals surface area contributed by atoms with Crippen LogP contribution in [-0.2, 0) is 4.74 Å². The number of ether oxygens (including phenoxy) is 1. The van der Waals surface area contributed by atoms with Gasteiger partial charge < -0.3 is 9.64 Å². The molecule has 0 bridgehead atoms. The second kappa shape index (κ2) is 4.47. The zero-order chi connectivity index (χ0) is 13.4. The maximum atomic E-state index is 11.9. The van der Waals surface area contributed by atoms with E-state index in [1.807, 2.05) is 20.8 Å². The van der Waals surface area contributed by atoms with Gasteiger partial charge in [0.15, 0.2) is 0 Å². The third-order valence-electron chi connectivity index (χ3n) is 3.53. The van der Waals surface area contributed by atoms with Gasteiger partial charge in [-0.15, -0.1) is 6.42 Å². The predicted octanol–water partition coefficient (Wildman–Crippen LogP) is 1.70. The van der Waals surface area contributed by atoms with Crippen LogP contribution < -0.4 is 0 Å². The molecule has 4 heteroatoms. The van der Waals surface area contributed by atoms with Crippen molar-refractivity contribution in [1.29, 1.82) is 0 Å². The highest BCUT2D eigenvalue weighted by Crippen LogP contribution is 2.41. The van der Waals surface area contributed by atoms with E-state index in [9.17, 15) is 4.79 Å². The summed E-state index contributed by atoms with van der Waals surface area (Å²) in [6, 6.07) is 0. The van der Waals surface area contributed by atoms with E-state index in [1.54, 1.807) is 4.90 Å². The topological polar surface area (TPSA) is 32.8 Å². The summed E-state index contributed by atoms with van der Waals surface area (Å²) in [5.41, 5.74) is -0.426. The highest BCUT2D eigenvalue weighted by molar-refractivity contribution is 5.68. The lowest BCUT2D eigenvalue weighted by Crippen LogP contribution is -2.53. The van der Waals surface area contributed by atoms with Crippen LogP contribution in [0.25, 0.3) is 0 Å². The number of nitrogens with zero attached hydrogens (tertiary/aromatic N) is 2. The van der Waals surface area contributed by atoms with Crippen LogP contribution in [0.5, 0.6) is 0 Å². The van der Waals surface area contributed by atoms with Crippen molar-refractivity contribution in [1.82, 2.24) is 9.80 Å². The average Bonchev–Trinajstić information content (AvgIpc) is 3.08. The number of carbonyl (C=O) groups is 1. The Morgan fingerprint density at radius 1 is 1.22 bits per heavy atom. The molecule has 100 valence electrons. The SMILES string of the molecule is C#CC1(N2CCN(C(=O)OC(C)(C)C)CC2)CC1. The molecule has 0 atom stereocenters. The lowest BCUT2D eigenvalue weighted by Gasteiger charge is -2.38. The molecular formula is C14H22N2O2. The summed E-state index contributed by atoms with van der Waals surface area (Å²) in [7, 11) is 0. The normalized spacial score (nSPS) is 23.3. The molecule has 4 nitrogen and oxygen atoms in total. The monoisotopic (exact) mass is 250 g/mol. The van der Waals surface area contributed by atoms with Crippen molar-refractivity contribution in [2.45, 2.75) is 44.8 Å². The Hall–Kier alpha value is -1.21. The van der Waals surface area contributed by atoms with E-state index < -0.39 is 5.60 Å². The first-order chi connectivity index (χ1) is 8.36. The molecule has 1 amide bonds. The van der Waals surface area contributed by atoms with Crippen LogP contribution in [0.15, 0.2) is 0 Å². The van der Waals surface area contributed by atoms with Crippen LogP contribution in [0.2, 0.25) is 0 Å². The van der Waals surface area contributed by atoms with E-state index >= 15 is 0 Å². The Labute approximate surface area is 109 Å². The van der Waals surface area contributed by atoms with Crippen LogP contribution >= 0.6 is 0 Å². The van der Waals surface area contributed by atoms with Crippen molar-refractivity contribution < 1.29 is 9.53 Å². The Kier molecular flexibility index (Phi) is 3.29. The molecular weight excluding hydrogens is 228 g/mol. The summed E-state index contributed by atoms with van der Waals surface area (Å²) in [6.07, 6.45) is 7.55. The molecule has 18 heavy (non-hydrogen) atoms. The van der Waals surface area contributed by atoms with Crippen LogP contribution in [0.3, 0.4) is 0 Å². The van der Waals surface area contributed by atoms with Gasteiger partial charge >= 0.3 is 6.09 Å². The minimum atomic E-state index is -0.426. The van der Waals surface area contributed by atoms with Crippen molar-refractivity contribution in [2.24, 2.45) is 0 Å². The van der Waals surface area contributed by atoms with Gasteiger partial charge in [-0.1, -0.05) is 5.92 Å². The number of hydrogen-bond acceptors (Lipinski definition) is 3. The number of terminal acetylenes is 1. The van der Waals surface area contributed by atoms with Gasteiger partial charge in [0, 0.05) is 26.2 Å². The minimum Gasteiger partial charge on any atom is -0.444 e. The molecule has 0 aromatic carbocycles. The molecule has 0 N–H and O–H groups in total. The molecule has 1 aliphatic carbocycles. The van der Waals surface area contributed by atoms with Crippen LogP contribution in [-0.4, -0.2) is 53.2 Å². The quantitative estimate of drug-likeness (QED) is 0.664. The smallest absolute Gasteiger partial charge is 0.410 e. The lowest BCUT2D eigenvalue weighted by molar-refractivity contribution is 0.0114. The molecule has 1 saturated heterocycles. The van der Waals surface area contributed by atoms with Gasteiger partial charge in [-0.3, -0.25) is 4.90 Å². The van der Waals surface area contributed by atoms with Gasteiger partial charge in [0.2, 0.25) is 0 Å². The van der Waals surface area contributed by atoms with Gasteiger partial charge in [-0.2, -0.15) is 0 Å². The van der Waals surface area contributed by atoms with Crippen molar-refractivity contribution in [3.8, 4) is 12.3 Å². The second-order valence-electron chi connectivity index (χ2n) is 6.13. The maximum Gasteiger partial charge on any atom is 0.410 e. The molecule has 1 heterocycles. The number of hydrogen-bond donors (Lipinski definition) is 0. The summed E-state index contributed by atoms with van der Waals surface area (Å²) in [5, 5.41) is 0. The van der Waals surface area contributed by atoms with E-state index in [-0.39, 0.29) is 11.6 Å². The Balaban J connectivity index is 1.84. The molecule has 0 aromatic rings. The van der Waals surface area contributed by atoms with E-state index in [0.717, 1.165) is 25.9 Å². The van der Waals surface area contributed by atoms with Crippen LogP contribution in [0, 0.1) is 12.3 Å². The lowest BCUT2D eigenvalue weighted by atomic mass is 10.2. The maximum absolute atomic E-state index is 11.9. The fourth-order valence-electron chi connectivity index (χ4n) is 2.31. The molecule has 0 unspecified atom stereocenters. The van der Waals surface area contributed by atoms with Crippen LogP contribution in [0.1, 0.15) is 33.6 Å². The second-order valence-corrected chi connectivity index (χ2v) is 6.13. The first-order valence-electron chi connectivity index (χ1n) is 6.57. The van der Waals surface area contributed by atoms with E-state index in [1.165, 1.54) is 0 Å². The summed E-state index contributed by atoms with van der Waals surface area (Å²) in [5.74, 6) is 2.90. The Morgan fingerprint density at radius 3 is 2.17 bits per heavy atom. The summed E-state index contributed by atoms with van der Waals surface area (Å²) >= 11 is 0. The van der Waals surface area contributed by atoms with Gasteiger partial charge in [0.1, 0.15) is 5.60 Å². The van der Waals surface area contributed by atoms with E-state index in [0.29, 0.717) is 13.1 Å². The third-order valence-corrected chi connectivity index (χ3v) is 3.53. The highest BCUT2D eigenvalue weighted by Gasteiger charge is 2.47. The summed E-state index contributed by atoms with van der Waals surface area (Å²) in [6.45, 7) is 8.78. The van der Waals surface area contributed by atoms with E-state index in [4.69, 9.17) is 11.2 Å². The first kappa shape index (κ1) is 13.2. The predicted molar refractivity (Wildman–Crippen MR) is 70.2 cm³/mol. The number of rotatable bonds is 1. The Morgan fingerprint density at radius 2 is 1.78 bits per heavy atom. The minimum absolute atomic E-state index is 0.0000217.